The van der Waals surface area contributed by atoms with Crippen molar-refractivity contribution in [1.82, 2.24) is 14.8 Å². The molecular formula is C18H16Cl2N4O. The Labute approximate surface area is 155 Å². The fraction of sp³-hybridized carbons (Fsp3) is 0.167. The Morgan fingerprint density at radius 2 is 2.00 bits per heavy atom. The first-order valence-electron chi connectivity index (χ1n) is 7.76. The zero-order valence-corrected chi connectivity index (χ0v) is 14.8. The molecule has 7 heteroatoms. The molecule has 3 aromatic rings. The van der Waals surface area contributed by atoms with Crippen molar-refractivity contribution in [2.24, 2.45) is 0 Å². The second-order valence-electron chi connectivity index (χ2n) is 5.55. The second kappa shape index (κ2) is 8.14. The van der Waals surface area contributed by atoms with Crippen molar-refractivity contribution >= 4 is 34.8 Å². The first-order valence-corrected chi connectivity index (χ1v) is 8.51. The fourth-order valence-corrected chi connectivity index (χ4v) is 2.88. The number of hydrogen-bond acceptors (Lipinski definition) is 3. The van der Waals surface area contributed by atoms with Crippen LogP contribution in [0.15, 0.2) is 55.1 Å². The first-order chi connectivity index (χ1) is 12.1. The van der Waals surface area contributed by atoms with Crippen LogP contribution >= 0.6 is 23.2 Å². The predicted octanol–water partition coefficient (Wildman–Crippen LogP) is 4.20. The van der Waals surface area contributed by atoms with Crippen molar-refractivity contribution in [2.75, 3.05) is 5.32 Å². The minimum Gasteiger partial charge on any atom is -0.326 e. The maximum absolute atomic E-state index is 12.2. The third kappa shape index (κ3) is 4.81. The Morgan fingerprint density at radius 3 is 2.80 bits per heavy atom. The van der Waals surface area contributed by atoms with Gasteiger partial charge in [0.25, 0.3) is 0 Å². The molecular weight excluding hydrogens is 359 g/mol. The van der Waals surface area contributed by atoms with Crippen LogP contribution in [-0.2, 0) is 17.8 Å². The largest absolute Gasteiger partial charge is 0.326 e. The van der Waals surface area contributed by atoms with E-state index >= 15 is 0 Å². The zero-order valence-electron chi connectivity index (χ0n) is 13.3. The molecule has 1 heterocycles. The summed E-state index contributed by atoms with van der Waals surface area (Å²) in [5.74, 6) is -0.0750. The number of carbonyl (C=O) groups excluding carboxylic acids is 1. The van der Waals surface area contributed by atoms with Crippen LogP contribution in [0, 0.1) is 0 Å². The van der Waals surface area contributed by atoms with E-state index < -0.39 is 0 Å². The molecule has 128 valence electrons. The summed E-state index contributed by atoms with van der Waals surface area (Å²) >= 11 is 12.1. The quantitative estimate of drug-likeness (QED) is 0.702. The summed E-state index contributed by atoms with van der Waals surface area (Å²) in [6.45, 7) is 0.599. The van der Waals surface area contributed by atoms with Crippen molar-refractivity contribution in [1.29, 1.82) is 0 Å². The third-order valence-electron chi connectivity index (χ3n) is 3.67. The molecule has 0 fully saturated rings. The van der Waals surface area contributed by atoms with Crippen molar-refractivity contribution in [3.8, 4) is 0 Å². The highest BCUT2D eigenvalue weighted by molar-refractivity contribution is 6.42. The minimum absolute atomic E-state index is 0.0750. The van der Waals surface area contributed by atoms with Gasteiger partial charge in [-0.25, -0.2) is 9.67 Å². The lowest BCUT2D eigenvalue weighted by Crippen LogP contribution is -2.13. The van der Waals surface area contributed by atoms with E-state index in [4.69, 9.17) is 23.2 Å². The molecule has 0 saturated carbocycles. The Kier molecular flexibility index (Phi) is 5.68. The molecule has 1 amide bonds. The molecule has 5 nitrogen and oxygen atoms in total. The minimum atomic E-state index is -0.0750. The molecule has 0 aliphatic carbocycles. The lowest BCUT2D eigenvalue weighted by atomic mass is 10.1. The number of anilines is 1. The van der Waals surface area contributed by atoms with E-state index in [1.807, 2.05) is 36.4 Å². The van der Waals surface area contributed by atoms with Gasteiger partial charge in [0.2, 0.25) is 5.91 Å². The Morgan fingerprint density at radius 1 is 1.16 bits per heavy atom. The van der Waals surface area contributed by atoms with Crippen molar-refractivity contribution in [2.45, 2.75) is 19.4 Å². The molecule has 0 aliphatic rings. The van der Waals surface area contributed by atoms with E-state index in [1.165, 1.54) is 6.33 Å². The molecule has 0 atom stereocenters. The number of amides is 1. The number of carbonyl (C=O) groups is 1. The number of benzene rings is 2. The summed E-state index contributed by atoms with van der Waals surface area (Å²) in [5.41, 5.74) is 2.64. The van der Waals surface area contributed by atoms with Gasteiger partial charge in [-0.1, -0.05) is 47.5 Å². The van der Waals surface area contributed by atoms with E-state index in [9.17, 15) is 4.79 Å². The summed E-state index contributed by atoms with van der Waals surface area (Å²) < 4.78 is 1.72. The lowest BCUT2D eigenvalue weighted by molar-refractivity contribution is -0.116. The van der Waals surface area contributed by atoms with E-state index in [0.717, 1.165) is 16.8 Å². The van der Waals surface area contributed by atoms with Gasteiger partial charge < -0.3 is 5.32 Å². The molecule has 3 rings (SSSR count). The monoisotopic (exact) mass is 374 g/mol. The van der Waals surface area contributed by atoms with Gasteiger partial charge in [0.05, 0.1) is 16.6 Å². The van der Waals surface area contributed by atoms with Crippen molar-refractivity contribution in [3.05, 3.63) is 76.3 Å². The van der Waals surface area contributed by atoms with Crippen LogP contribution in [0.25, 0.3) is 0 Å². The molecule has 0 saturated heterocycles. The van der Waals surface area contributed by atoms with Gasteiger partial charge in [0.1, 0.15) is 12.7 Å². The van der Waals surface area contributed by atoms with Gasteiger partial charge in [-0.2, -0.15) is 5.10 Å². The maximum atomic E-state index is 12.2. The van der Waals surface area contributed by atoms with Crippen LogP contribution in [0.4, 0.5) is 5.69 Å². The van der Waals surface area contributed by atoms with Gasteiger partial charge in [-0.3, -0.25) is 4.79 Å². The number of aromatic nitrogens is 3. The number of halogens is 2. The Bertz CT molecular complexity index is 865. The molecule has 1 N–H and O–H groups in total. The molecule has 0 radical (unpaired) electrons. The van der Waals surface area contributed by atoms with E-state index in [1.54, 1.807) is 17.1 Å². The van der Waals surface area contributed by atoms with Crippen molar-refractivity contribution < 1.29 is 4.79 Å². The van der Waals surface area contributed by atoms with E-state index in [-0.39, 0.29) is 5.91 Å². The number of aryl methyl sites for hydroxylation is 1. The predicted molar refractivity (Wildman–Crippen MR) is 99.0 cm³/mol. The molecule has 2 aromatic carbocycles. The summed E-state index contributed by atoms with van der Waals surface area (Å²) in [7, 11) is 0. The number of rotatable bonds is 6. The maximum Gasteiger partial charge on any atom is 0.224 e. The average Bonchev–Trinajstić information content (AvgIpc) is 3.09. The summed E-state index contributed by atoms with van der Waals surface area (Å²) in [5, 5.41) is 7.99. The lowest BCUT2D eigenvalue weighted by Gasteiger charge is -2.09. The highest BCUT2D eigenvalue weighted by Crippen LogP contribution is 2.26. The molecule has 0 unspecified atom stereocenters. The number of nitrogens with zero attached hydrogens (tertiary/aromatic N) is 3. The summed E-state index contributed by atoms with van der Waals surface area (Å²) in [6.07, 6.45) is 4.00. The van der Waals surface area contributed by atoms with E-state index in [2.05, 4.69) is 15.4 Å². The van der Waals surface area contributed by atoms with Gasteiger partial charge in [-0.15, -0.1) is 0 Å². The van der Waals surface area contributed by atoms with Crippen LogP contribution in [0.2, 0.25) is 10.0 Å². The van der Waals surface area contributed by atoms with Crippen molar-refractivity contribution in [3.63, 3.8) is 0 Å². The molecule has 0 aliphatic heterocycles. The van der Waals surface area contributed by atoms with Gasteiger partial charge >= 0.3 is 0 Å². The average molecular weight is 375 g/mol. The topological polar surface area (TPSA) is 59.8 Å². The smallest absolute Gasteiger partial charge is 0.224 e. The molecule has 25 heavy (non-hydrogen) atoms. The summed E-state index contributed by atoms with van der Waals surface area (Å²) in [6, 6.07) is 13.1. The highest BCUT2D eigenvalue weighted by atomic mass is 35.5. The normalized spacial score (nSPS) is 10.6. The number of hydrogen-bond donors (Lipinski definition) is 1. The SMILES string of the molecule is O=C(CCc1cccc(Cl)c1Cl)Nc1cccc(Cn2cncn2)c1. The van der Waals surface area contributed by atoms with Gasteiger partial charge in [-0.05, 0) is 35.7 Å². The molecule has 0 spiro atoms. The summed E-state index contributed by atoms with van der Waals surface area (Å²) in [4.78, 5) is 16.1. The Balaban J connectivity index is 1.58. The van der Waals surface area contributed by atoms with Crippen LogP contribution in [0.5, 0.6) is 0 Å². The second-order valence-corrected chi connectivity index (χ2v) is 6.34. The number of nitrogens with one attached hydrogen (secondary N) is 1. The first kappa shape index (κ1) is 17.5. The van der Waals surface area contributed by atoms with Crippen LogP contribution in [0.3, 0.4) is 0 Å². The standard InChI is InChI=1S/C18H16Cl2N4O/c19-16-6-2-4-14(18(16)20)7-8-17(25)23-15-5-1-3-13(9-15)10-24-12-21-11-22-24/h1-6,9,11-12H,7-8,10H2,(H,23,25). The van der Waals surface area contributed by atoms with Crippen LogP contribution < -0.4 is 5.32 Å². The highest BCUT2D eigenvalue weighted by Gasteiger charge is 2.08. The van der Waals surface area contributed by atoms with E-state index in [0.29, 0.717) is 29.4 Å². The fourth-order valence-electron chi connectivity index (χ4n) is 2.46. The van der Waals surface area contributed by atoms with Gasteiger partial charge in [0, 0.05) is 12.1 Å². The van der Waals surface area contributed by atoms with Crippen LogP contribution in [-0.4, -0.2) is 20.7 Å². The molecule has 1 aromatic heterocycles. The third-order valence-corrected chi connectivity index (χ3v) is 4.53. The zero-order chi connectivity index (χ0) is 17.6. The van der Waals surface area contributed by atoms with Gasteiger partial charge in [0.15, 0.2) is 0 Å². The Hall–Kier alpha value is -2.37. The molecule has 0 bridgehead atoms. The van der Waals surface area contributed by atoms with Crippen LogP contribution in [0.1, 0.15) is 17.5 Å².